The summed E-state index contributed by atoms with van der Waals surface area (Å²) in [4.78, 5) is 14.6. The molecule has 0 aliphatic heterocycles. The molecule has 0 bridgehead atoms. The van der Waals surface area contributed by atoms with Gasteiger partial charge in [-0.3, -0.25) is 0 Å². The van der Waals surface area contributed by atoms with Crippen LogP contribution in [0.1, 0.15) is 4.88 Å². The number of nitrogens with one attached hydrogen (secondary N) is 1. The van der Waals surface area contributed by atoms with E-state index in [0.717, 1.165) is 11.3 Å². The zero-order valence-electron chi connectivity index (χ0n) is 9.11. The highest BCUT2D eigenvalue weighted by Gasteiger charge is 2.15. The molecular weight excluding hydrogens is 270 g/mol. The lowest BCUT2D eigenvalue weighted by molar-refractivity contribution is -0.599. The molecule has 0 spiro atoms. The highest BCUT2D eigenvalue weighted by atomic mass is 32.1. The molecule has 0 aliphatic rings. The van der Waals surface area contributed by atoms with E-state index >= 15 is 0 Å². The lowest BCUT2D eigenvalue weighted by Gasteiger charge is -1.96. The van der Waals surface area contributed by atoms with Crippen molar-refractivity contribution in [3.63, 3.8) is 0 Å². The molecule has 2 heterocycles. The minimum atomic E-state index is -0.168. The third kappa shape index (κ3) is 2.99. The van der Waals surface area contributed by atoms with Crippen molar-refractivity contribution < 1.29 is 4.57 Å². The Balaban J connectivity index is 2.41. The Morgan fingerprint density at radius 2 is 2.17 bits per heavy atom. The first kappa shape index (κ1) is 12.4. The lowest BCUT2D eigenvalue weighted by atomic mass is 10.4. The molecule has 8 heteroatoms. The maximum atomic E-state index is 11.4. The molecule has 18 heavy (non-hydrogen) atoms. The number of nitrogens with two attached hydrogens (primary N) is 1. The minimum Gasteiger partial charge on any atom is -0.741 e. The summed E-state index contributed by atoms with van der Waals surface area (Å²) >= 11 is 5.60. The van der Waals surface area contributed by atoms with Crippen molar-refractivity contribution in [1.82, 2.24) is 4.98 Å². The summed E-state index contributed by atoms with van der Waals surface area (Å²) in [5, 5.41) is 7.18. The normalized spacial score (nSPS) is 12.1. The van der Waals surface area contributed by atoms with Gasteiger partial charge in [-0.25, -0.2) is 9.36 Å². The van der Waals surface area contributed by atoms with Crippen LogP contribution >= 0.6 is 11.3 Å². The molecule has 0 saturated heterocycles. The SMILES string of the molecule is NC([S-])=NN=Cc1sc(=O)[nH]c1-[n+]1ccccc1. The third-order valence-electron chi connectivity index (χ3n) is 1.96. The molecule has 0 saturated carbocycles. The molecule has 92 valence electrons. The van der Waals surface area contributed by atoms with Gasteiger partial charge >= 0.3 is 10.7 Å². The van der Waals surface area contributed by atoms with Gasteiger partial charge in [0.25, 0.3) is 0 Å². The average molecular weight is 279 g/mol. The molecular formula is C10H9N5OS2. The molecule has 0 fully saturated rings. The van der Waals surface area contributed by atoms with Crippen LogP contribution < -0.4 is 15.2 Å². The Hall–Kier alpha value is -2.06. The number of amidine groups is 1. The van der Waals surface area contributed by atoms with Gasteiger partial charge < -0.3 is 18.4 Å². The van der Waals surface area contributed by atoms with Crippen molar-refractivity contribution in [2.45, 2.75) is 0 Å². The van der Waals surface area contributed by atoms with Crippen LogP contribution in [0.15, 0.2) is 45.6 Å². The summed E-state index contributed by atoms with van der Waals surface area (Å²) in [5.41, 5.74) is 5.19. The van der Waals surface area contributed by atoms with E-state index in [4.69, 9.17) is 5.73 Å². The lowest BCUT2D eigenvalue weighted by Crippen LogP contribution is -2.31. The average Bonchev–Trinajstić information content (AvgIpc) is 2.71. The smallest absolute Gasteiger partial charge is 0.390 e. The van der Waals surface area contributed by atoms with Crippen molar-refractivity contribution in [2.24, 2.45) is 15.9 Å². The van der Waals surface area contributed by atoms with Crippen LogP contribution in [0.4, 0.5) is 0 Å². The molecule has 2 rings (SSSR count). The zero-order valence-corrected chi connectivity index (χ0v) is 10.7. The standard InChI is InChI=1S/C10H9N5OS2/c11-9(17)14-12-6-7-8(13-10(16)18-7)15-4-2-1-3-5-15/h1-6H,(H3-,11,12,13,14,16,17). The van der Waals surface area contributed by atoms with E-state index < -0.39 is 0 Å². The minimum absolute atomic E-state index is 0.0527. The predicted octanol–water partition coefficient (Wildman–Crippen LogP) is -0.0914. The first-order chi connectivity index (χ1) is 8.66. The zero-order chi connectivity index (χ0) is 13.0. The van der Waals surface area contributed by atoms with E-state index in [1.54, 1.807) is 4.57 Å². The first-order valence-electron chi connectivity index (χ1n) is 4.90. The van der Waals surface area contributed by atoms with E-state index in [-0.39, 0.29) is 10.0 Å². The molecule has 2 aromatic heterocycles. The van der Waals surface area contributed by atoms with Crippen molar-refractivity contribution in [2.75, 3.05) is 0 Å². The second kappa shape index (κ2) is 5.52. The van der Waals surface area contributed by atoms with Crippen molar-refractivity contribution in [3.05, 3.63) is 45.1 Å². The van der Waals surface area contributed by atoms with E-state index in [2.05, 4.69) is 27.8 Å². The van der Waals surface area contributed by atoms with Crippen LogP contribution in [0.25, 0.3) is 5.82 Å². The molecule has 0 unspecified atom stereocenters. The topological polar surface area (TPSA) is 87.5 Å². The van der Waals surface area contributed by atoms with Gasteiger partial charge in [0.1, 0.15) is 4.88 Å². The van der Waals surface area contributed by atoms with Crippen LogP contribution in [0.5, 0.6) is 0 Å². The van der Waals surface area contributed by atoms with Gasteiger partial charge in [-0.2, -0.15) is 15.2 Å². The number of hydrogen-bond donors (Lipinski definition) is 2. The number of aromatic nitrogens is 2. The summed E-state index contributed by atoms with van der Waals surface area (Å²) < 4.78 is 1.78. The predicted molar refractivity (Wildman–Crippen MR) is 73.1 cm³/mol. The van der Waals surface area contributed by atoms with Crippen molar-refractivity contribution >= 4 is 35.3 Å². The number of rotatable bonds is 3. The molecule has 6 nitrogen and oxygen atoms in total. The Labute approximate surface area is 112 Å². The first-order valence-corrected chi connectivity index (χ1v) is 6.12. The van der Waals surface area contributed by atoms with Crippen molar-refractivity contribution in [1.29, 1.82) is 0 Å². The van der Waals surface area contributed by atoms with E-state index in [1.807, 2.05) is 30.6 Å². The number of nitrogens with zero attached hydrogens (tertiary/aromatic N) is 3. The van der Waals surface area contributed by atoms with Gasteiger partial charge in [0.2, 0.25) is 0 Å². The number of hydrogen-bond acceptors (Lipinski definition) is 5. The molecule has 2 aromatic rings. The van der Waals surface area contributed by atoms with Gasteiger partial charge in [0, 0.05) is 0 Å². The molecule has 0 atom stereocenters. The fourth-order valence-electron chi connectivity index (χ4n) is 1.30. The highest BCUT2D eigenvalue weighted by molar-refractivity contribution is 7.77. The number of aromatic amines is 1. The Morgan fingerprint density at radius 1 is 1.44 bits per heavy atom. The van der Waals surface area contributed by atoms with Gasteiger partial charge in [0.05, 0.1) is 18.6 Å². The van der Waals surface area contributed by atoms with Crippen molar-refractivity contribution in [3.8, 4) is 5.82 Å². The molecule has 0 aromatic carbocycles. The second-order valence-electron chi connectivity index (χ2n) is 3.19. The van der Waals surface area contributed by atoms with Crippen LogP contribution in [0, 0.1) is 0 Å². The number of thiazole rings is 1. The van der Waals surface area contributed by atoms with E-state index in [9.17, 15) is 4.79 Å². The van der Waals surface area contributed by atoms with Gasteiger partial charge in [-0.15, -0.1) is 0 Å². The molecule has 0 amide bonds. The van der Waals surface area contributed by atoms with E-state index in [0.29, 0.717) is 10.7 Å². The largest absolute Gasteiger partial charge is 0.741 e. The maximum absolute atomic E-state index is 11.4. The number of H-pyrrole nitrogens is 1. The van der Waals surface area contributed by atoms with Crippen LogP contribution in [-0.4, -0.2) is 16.4 Å². The Morgan fingerprint density at radius 3 is 2.83 bits per heavy atom. The van der Waals surface area contributed by atoms with Crippen LogP contribution in [0.2, 0.25) is 0 Å². The number of pyridine rings is 1. The molecule has 0 radical (unpaired) electrons. The highest BCUT2D eigenvalue weighted by Crippen LogP contribution is 2.05. The maximum Gasteiger partial charge on any atom is 0.390 e. The summed E-state index contributed by atoms with van der Waals surface area (Å²) in [7, 11) is 0. The third-order valence-corrected chi connectivity index (χ3v) is 2.85. The quantitative estimate of drug-likeness (QED) is 0.270. The van der Waals surface area contributed by atoms with Crippen LogP contribution in [0.3, 0.4) is 0 Å². The molecule has 0 aliphatic carbocycles. The summed E-state index contributed by atoms with van der Waals surface area (Å²) in [6, 6.07) is 5.60. The van der Waals surface area contributed by atoms with E-state index in [1.165, 1.54) is 6.21 Å². The summed E-state index contributed by atoms with van der Waals surface area (Å²) in [6.07, 6.45) is 5.08. The van der Waals surface area contributed by atoms with Gasteiger partial charge in [0.15, 0.2) is 0 Å². The Kier molecular flexibility index (Phi) is 3.80. The van der Waals surface area contributed by atoms with Gasteiger partial charge in [-0.05, 0) is 28.6 Å². The van der Waals surface area contributed by atoms with Gasteiger partial charge in [-0.1, -0.05) is 6.07 Å². The second-order valence-corrected chi connectivity index (χ2v) is 4.63. The summed E-state index contributed by atoms with van der Waals surface area (Å²) in [6.45, 7) is 0. The fraction of sp³-hybridized carbons (Fsp3) is 0. The fourth-order valence-corrected chi connectivity index (χ4v) is 2.04. The molecule has 3 N–H and O–H groups in total. The Bertz CT molecular complexity index is 640. The monoisotopic (exact) mass is 279 g/mol. The van der Waals surface area contributed by atoms with Crippen LogP contribution in [-0.2, 0) is 12.6 Å². The summed E-state index contributed by atoms with van der Waals surface area (Å²) in [5.74, 6) is 0.632.